The molecule has 0 aromatic heterocycles. The number of nitrogens with two attached hydrogens (primary N) is 1. The Balaban J connectivity index is 0.00000312. The van der Waals surface area contributed by atoms with Gasteiger partial charge in [-0.15, -0.1) is 12.4 Å². The summed E-state index contributed by atoms with van der Waals surface area (Å²) in [5.41, 5.74) is 7.46. The third-order valence-electron chi connectivity index (χ3n) is 4.51. The van der Waals surface area contributed by atoms with Crippen molar-refractivity contribution < 1.29 is 9.59 Å². The van der Waals surface area contributed by atoms with Crippen molar-refractivity contribution in [1.29, 1.82) is 0 Å². The summed E-state index contributed by atoms with van der Waals surface area (Å²) in [5, 5.41) is 3.04. The zero-order valence-corrected chi connectivity index (χ0v) is 15.8. The van der Waals surface area contributed by atoms with E-state index in [9.17, 15) is 9.59 Å². The van der Waals surface area contributed by atoms with Gasteiger partial charge < -0.3 is 16.0 Å². The summed E-state index contributed by atoms with van der Waals surface area (Å²) in [7, 11) is 0. The quantitative estimate of drug-likeness (QED) is 0.657. The first-order chi connectivity index (χ1) is 11.6. The second-order valence-electron chi connectivity index (χ2n) is 6.48. The van der Waals surface area contributed by atoms with Gasteiger partial charge >= 0.3 is 0 Å². The molecule has 0 aliphatic carbocycles. The van der Waals surface area contributed by atoms with Gasteiger partial charge in [-0.05, 0) is 50.4 Å². The smallest absolute Gasteiger partial charge is 0.227 e. The lowest BCUT2D eigenvalue weighted by molar-refractivity contribution is -0.122. The summed E-state index contributed by atoms with van der Waals surface area (Å²) in [4.78, 5) is 25.6. The minimum absolute atomic E-state index is 0. The van der Waals surface area contributed by atoms with Gasteiger partial charge in [-0.25, -0.2) is 0 Å². The molecule has 2 rings (SSSR count). The Kier molecular flexibility index (Phi) is 9.53. The Morgan fingerprint density at radius 2 is 1.88 bits per heavy atom. The molecule has 1 heterocycles. The number of nitrogens with one attached hydrogen (secondary N) is 1. The number of hydrogen-bond donors (Lipinski definition) is 2. The number of anilines is 1. The van der Waals surface area contributed by atoms with E-state index in [4.69, 9.17) is 5.73 Å². The maximum atomic E-state index is 12.0. The number of hydrogen-bond acceptors (Lipinski definition) is 3. The minimum Gasteiger partial charge on any atom is -0.350 e. The molecule has 6 heteroatoms. The zero-order chi connectivity index (χ0) is 17.4. The molecule has 1 unspecified atom stereocenters. The molecule has 140 valence electrons. The zero-order valence-electron chi connectivity index (χ0n) is 15.0. The number of carbonyl (C=O) groups is 2. The van der Waals surface area contributed by atoms with Gasteiger partial charge in [0.05, 0.1) is 6.04 Å². The first-order valence-corrected chi connectivity index (χ1v) is 9.01. The molecule has 1 aromatic rings. The summed E-state index contributed by atoms with van der Waals surface area (Å²) in [5.74, 6) is 0.285. The van der Waals surface area contributed by atoms with Crippen molar-refractivity contribution in [2.45, 2.75) is 57.9 Å². The van der Waals surface area contributed by atoms with Gasteiger partial charge in [0.1, 0.15) is 0 Å². The molecule has 1 saturated heterocycles. The van der Waals surface area contributed by atoms with Crippen LogP contribution in [0.25, 0.3) is 0 Å². The summed E-state index contributed by atoms with van der Waals surface area (Å²) in [6, 6.07) is 7.90. The van der Waals surface area contributed by atoms with E-state index < -0.39 is 0 Å². The van der Waals surface area contributed by atoms with Crippen molar-refractivity contribution in [2.24, 2.45) is 5.73 Å². The van der Waals surface area contributed by atoms with E-state index in [-0.39, 0.29) is 30.3 Å². The fourth-order valence-corrected chi connectivity index (χ4v) is 3.04. The first-order valence-electron chi connectivity index (χ1n) is 9.01. The summed E-state index contributed by atoms with van der Waals surface area (Å²) in [6.45, 7) is 3.51. The predicted octanol–water partition coefficient (Wildman–Crippen LogP) is 3.32. The summed E-state index contributed by atoms with van der Waals surface area (Å²) >= 11 is 0. The molecular formula is C19H30ClN3O2. The van der Waals surface area contributed by atoms with Gasteiger partial charge in [0.15, 0.2) is 0 Å². The average Bonchev–Trinajstić information content (AvgIpc) is 3.01. The van der Waals surface area contributed by atoms with Crippen LogP contribution in [0.1, 0.15) is 63.5 Å². The third-order valence-corrected chi connectivity index (χ3v) is 4.51. The molecule has 1 aromatic carbocycles. The van der Waals surface area contributed by atoms with Crippen LogP contribution in [-0.2, 0) is 9.59 Å². The Morgan fingerprint density at radius 1 is 1.20 bits per heavy atom. The molecule has 2 amide bonds. The maximum Gasteiger partial charge on any atom is 0.227 e. The van der Waals surface area contributed by atoms with Crippen molar-refractivity contribution in [2.75, 3.05) is 18.0 Å². The number of amides is 2. The third kappa shape index (κ3) is 6.67. The Labute approximate surface area is 156 Å². The summed E-state index contributed by atoms with van der Waals surface area (Å²) < 4.78 is 0. The second-order valence-corrected chi connectivity index (χ2v) is 6.48. The van der Waals surface area contributed by atoms with Crippen LogP contribution in [-0.4, -0.2) is 24.9 Å². The number of carbonyl (C=O) groups excluding carboxylic acids is 2. The number of benzene rings is 1. The predicted molar refractivity (Wildman–Crippen MR) is 104 cm³/mol. The molecule has 1 atom stereocenters. The van der Waals surface area contributed by atoms with Gasteiger partial charge in [0.2, 0.25) is 11.8 Å². The standard InChI is InChI=1S/C19H29N3O2.ClH/c1-15(21-18(23)7-4-2-3-5-13-20)16-9-11-17(12-10-16)22-14-6-8-19(22)24;/h9-12,15H,2-8,13-14,20H2,1H3,(H,21,23);1H. The van der Waals surface area contributed by atoms with Crippen LogP contribution in [0.4, 0.5) is 5.69 Å². The minimum atomic E-state index is -0.0233. The molecule has 0 spiro atoms. The monoisotopic (exact) mass is 367 g/mol. The lowest BCUT2D eigenvalue weighted by Gasteiger charge is -2.18. The Morgan fingerprint density at radius 3 is 2.48 bits per heavy atom. The van der Waals surface area contributed by atoms with Crippen LogP contribution in [0.15, 0.2) is 24.3 Å². The van der Waals surface area contributed by atoms with Crippen molar-refractivity contribution in [3.63, 3.8) is 0 Å². The van der Waals surface area contributed by atoms with Gasteiger partial charge in [-0.1, -0.05) is 25.0 Å². The average molecular weight is 368 g/mol. The lowest BCUT2D eigenvalue weighted by atomic mass is 10.1. The van der Waals surface area contributed by atoms with Gasteiger partial charge in [-0.2, -0.15) is 0 Å². The molecule has 3 N–H and O–H groups in total. The fraction of sp³-hybridized carbons (Fsp3) is 0.579. The van der Waals surface area contributed by atoms with Crippen molar-refractivity contribution in [3.05, 3.63) is 29.8 Å². The highest BCUT2D eigenvalue weighted by Crippen LogP contribution is 2.23. The van der Waals surface area contributed by atoms with E-state index in [0.29, 0.717) is 12.8 Å². The van der Waals surface area contributed by atoms with Crippen molar-refractivity contribution in [3.8, 4) is 0 Å². The number of rotatable bonds is 9. The SMILES string of the molecule is CC(NC(=O)CCCCCCN)c1ccc(N2CCCC2=O)cc1.Cl. The summed E-state index contributed by atoms with van der Waals surface area (Å²) in [6.07, 6.45) is 6.22. The highest BCUT2D eigenvalue weighted by atomic mass is 35.5. The van der Waals surface area contributed by atoms with E-state index in [0.717, 1.165) is 56.4 Å². The lowest BCUT2D eigenvalue weighted by Crippen LogP contribution is -2.26. The second kappa shape index (κ2) is 11.1. The normalized spacial score (nSPS) is 15.0. The largest absolute Gasteiger partial charge is 0.350 e. The van der Waals surface area contributed by atoms with E-state index >= 15 is 0 Å². The topological polar surface area (TPSA) is 75.4 Å². The molecule has 5 nitrogen and oxygen atoms in total. The van der Waals surface area contributed by atoms with Crippen molar-refractivity contribution >= 4 is 29.9 Å². The van der Waals surface area contributed by atoms with E-state index in [1.165, 1.54) is 0 Å². The van der Waals surface area contributed by atoms with Gasteiger partial charge in [0.25, 0.3) is 0 Å². The van der Waals surface area contributed by atoms with Crippen LogP contribution < -0.4 is 16.0 Å². The molecule has 1 aliphatic rings. The maximum absolute atomic E-state index is 12.0. The molecule has 0 bridgehead atoms. The fourth-order valence-electron chi connectivity index (χ4n) is 3.04. The highest BCUT2D eigenvalue weighted by molar-refractivity contribution is 5.95. The first kappa shape index (κ1) is 21.5. The van der Waals surface area contributed by atoms with Crippen LogP contribution in [0.5, 0.6) is 0 Å². The number of unbranched alkanes of at least 4 members (excludes halogenated alkanes) is 3. The molecule has 0 radical (unpaired) electrons. The van der Waals surface area contributed by atoms with Crippen LogP contribution in [0.2, 0.25) is 0 Å². The van der Waals surface area contributed by atoms with Crippen molar-refractivity contribution in [1.82, 2.24) is 5.32 Å². The van der Waals surface area contributed by atoms with E-state index in [1.807, 2.05) is 36.1 Å². The van der Waals surface area contributed by atoms with E-state index in [1.54, 1.807) is 0 Å². The van der Waals surface area contributed by atoms with Crippen LogP contribution in [0.3, 0.4) is 0 Å². The van der Waals surface area contributed by atoms with Gasteiger partial charge in [-0.3, -0.25) is 9.59 Å². The van der Waals surface area contributed by atoms with Gasteiger partial charge in [0, 0.05) is 25.1 Å². The Hall–Kier alpha value is -1.59. The van der Waals surface area contributed by atoms with Crippen LogP contribution in [0, 0.1) is 0 Å². The Bertz CT molecular complexity index is 548. The molecular weight excluding hydrogens is 338 g/mol. The number of halogens is 1. The molecule has 1 fully saturated rings. The van der Waals surface area contributed by atoms with Crippen LogP contribution >= 0.6 is 12.4 Å². The molecule has 25 heavy (non-hydrogen) atoms. The highest BCUT2D eigenvalue weighted by Gasteiger charge is 2.21. The number of nitrogens with zero attached hydrogens (tertiary/aromatic N) is 1. The van der Waals surface area contributed by atoms with E-state index in [2.05, 4.69) is 5.32 Å². The molecule has 0 saturated carbocycles. The molecule has 1 aliphatic heterocycles.